The number of carbonyl (C=O) groups is 16. The van der Waals surface area contributed by atoms with Crippen molar-refractivity contribution in [3.8, 4) is 0 Å². The number of unbranched alkanes of at least 4 members (excludes halogenated alkanes) is 25. The van der Waals surface area contributed by atoms with Gasteiger partial charge in [-0.05, 0) is 76.2 Å². The average molecular weight is 1820 g/mol. The number of carboxylic acids is 3. The zero-order chi connectivity index (χ0) is 94.2. The number of hydrogen-bond acceptors (Lipinski definition) is 25. The van der Waals surface area contributed by atoms with Gasteiger partial charge in [0.05, 0.1) is 31.9 Å². The summed E-state index contributed by atoms with van der Waals surface area (Å²) in [7, 11) is 0. The van der Waals surface area contributed by atoms with Crippen molar-refractivity contribution in [2.24, 2.45) is 29.2 Å². The highest BCUT2D eigenvalue weighted by Crippen LogP contribution is 2.20. The standard InChI is InChI=1S/C86H155N13O24S2/c1-10-14-16-18-20-22-24-26-28-30-32-34-36-41-70(108)122-51-59(123-71(109)42-37-35-33-31-29-27-25-23-21-19-17-15-11-2)53-125-54-60(88)76(110)95-66(52-124)82(116)93-65(50-101)81(115)99-75(58(9)102)85(119)94-64(49-100)80(114)92-63(44-46-69(106)107)79(113)96-72(55(5)6)84(118)97-73(56(7)12-3)83(117)89-48-67(103)90-62(43-45-68(104)105)77(111)91-61(40-38-39-47-87)78(112)98-74(86(120)121)57(8)13-4/h55-66,72-75,100-102,124H,10-54,87-88H2,1-9H3,(H,89,117)(H,90,103)(H,91,111)(H,92,114)(H,93,116)(H,94,119)(H,95,110)(H,96,113)(H,97,118)(H,98,112)(H,99,115)(H,104,105)(H,106,107)(H,120,121)/t56-,57-,58+,59?,60?,61-,62-,63-,64-,65-,66-,72-,73-,74-,75-/m0/s1. The second-order valence-corrected chi connectivity index (χ2v) is 34.2. The Labute approximate surface area is 748 Å². The van der Waals surface area contributed by atoms with E-state index < -0.39 is 237 Å². The molecule has 0 fully saturated rings. The average Bonchev–Trinajstić information content (AvgIpc) is 0.836. The molecule has 0 aliphatic carbocycles. The Hall–Kier alpha value is -7.98. The van der Waals surface area contributed by atoms with Crippen molar-refractivity contribution in [2.45, 2.75) is 379 Å². The molecular formula is C86H155N13O24S2. The van der Waals surface area contributed by atoms with E-state index in [1.54, 1.807) is 27.7 Å². The molecule has 0 aromatic carbocycles. The molecule has 21 N–H and O–H groups in total. The van der Waals surface area contributed by atoms with Gasteiger partial charge < -0.3 is 110 Å². The third-order valence-corrected chi connectivity index (χ3v) is 23.1. The van der Waals surface area contributed by atoms with Gasteiger partial charge in [-0.1, -0.05) is 222 Å². The first-order valence-corrected chi connectivity index (χ1v) is 47.2. The van der Waals surface area contributed by atoms with Gasteiger partial charge >= 0.3 is 29.8 Å². The minimum absolute atomic E-state index is 0.0153. The molecular weight excluding hydrogens is 1660 g/mol. The van der Waals surface area contributed by atoms with Gasteiger partial charge in [0, 0.05) is 42.9 Å². The highest BCUT2D eigenvalue weighted by Gasteiger charge is 2.39. The van der Waals surface area contributed by atoms with Crippen molar-refractivity contribution in [3.05, 3.63) is 0 Å². The van der Waals surface area contributed by atoms with Crippen LogP contribution in [0.15, 0.2) is 0 Å². The molecule has 15 atom stereocenters. The third-order valence-electron chi connectivity index (χ3n) is 21.5. The van der Waals surface area contributed by atoms with Gasteiger partial charge in [0.15, 0.2) is 0 Å². The molecule has 2 unspecified atom stereocenters. The van der Waals surface area contributed by atoms with E-state index in [-0.39, 0.29) is 56.1 Å². The maximum absolute atomic E-state index is 14.2. The Morgan fingerprint density at radius 1 is 0.384 bits per heavy atom. The number of hydrogen-bond donors (Lipinski definition) is 20. The van der Waals surface area contributed by atoms with Crippen molar-refractivity contribution in [2.75, 3.05) is 50.2 Å². The second kappa shape index (κ2) is 71.0. The lowest BCUT2D eigenvalue weighted by Crippen LogP contribution is -2.63. The predicted molar refractivity (Wildman–Crippen MR) is 477 cm³/mol. The first kappa shape index (κ1) is 117. The molecule has 125 heavy (non-hydrogen) atoms. The number of aliphatic hydroxyl groups is 3. The van der Waals surface area contributed by atoms with Gasteiger partial charge in [0.1, 0.15) is 73.1 Å². The number of aliphatic hydroxyl groups excluding tert-OH is 3. The zero-order valence-corrected chi connectivity index (χ0v) is 77.3. The van der Waals surface area contributed by atoms with Crippen LogP contribution in [0, 0.1) is 17.8 Å². The molecule has 0 saturated carbocycles. The van der Waals surface area contributed by atoms with E-state index in [9.17, 15) is 107 Å². The fraction of sp³-hybridized carbons (Fsp3) is 0.814. The summed E-state index contributed by atoms with van der Waals surface area (Å²) in [5, 5.41) is 86.3. The third kappa shape index (κ3) is 54.1. The van der Waals surface area contributed by atoms with E-state index in [0.717, 1.165) is 70.1 Å². The number of nitrogens with one attached hydrogen (secondary N) is 11. The van der Waals surface area contributed by atoms with E-state index in [0.29, 0.717) is 32.1 Å². The van der Waals surface area contributed by atoms with Crippen molar-refractivity contribution >= 4 is 119 Å². The molecule has 0 aromatic rings. The second-order valence-electron chi connectivity index (χ2n) is 32.8. The van der Waals surface area contributed by atoms with Crippen LogP contribution < -0.4 is 70.0 Å². The topological polar surface area (TPSA) is 597 Å². The summed E-state index contributed by atoms with van der Waals surface area (Å²) in [5.74, 6) is -19.3. The summed E-state index contributed by atoms with van der Waals surface area (Å²) in [4.78, 5) is 213. The van der Waals surface area contributed by atoms with Gasteiger partial charge in [-0.2, -0.15) is 24.4 Å². The van der Waals surface area contributed by atoms with Crippen molar-refractivity contribution in [3.63, 3.8) is 0 Å². The van der Waals surface area contributed by atoms with Crippen LogP contribution in [0.2, 0.25) is 0 Å². The quantitative estimate of drug-likeness (QED) is 0.0228. The maximum Gasteiger partial charge on any atom is 0.326 e. The predicted octanol–water partition coefficient (Wildman–Crippen LogP) is 4.42. The number of ether oxygens (including phenoxy) is 2. The Morgan fingerprint density at radius 3 is 1.18 bits per heavy atom. The minimum Gasteiger partial charge on any atom is -0.481 e. The van der Waals surface area contributed by atoms with Crippen molar-refractivity contribution in [1.29, 1.82) is 0 Å². The van der Waals surface area contributed by atoms with Crippen LogP contribution in [0.4, 0.5) is 0 Å². The molecule has 0 spiro atoms. The van der Waals surface area contributed by atoms with E-state index in [1.165, 1.54) is 117 Å². The summed E-state index contributed by atoms with van der Waals surface area (Å²) in [6, 6.07) is -17.8. The number of carboxylic acid groups (broad SMARTS) is 3. The van der Waals surface area contributed by atoms with E-state index in [4.69, 9.17) is 20.9 Å². The van der Waals surface area contributed by atoms with Crippen LogP contribution in [0.25, 0.3) is 0 Å². The van der Waals surface area contributed by atoms with Gasteiger partial charge in [0.25, 0.3) is 0 Å². The van der Waals surface area contributed by atoms with Gasteiger partial charge in [-0.3, -0.25) is 71.9 Å². The molecule has 0 radical (unpaired) electrons. The molecule has 0 heterocycles. The lowest BCUT2D eigenvalue weighted by Gasteiger charge is -2.29. The number of carbonyl (C=O) groups excluding carboxylic acids is 13. The Balaban J connectivity index is 6.19. The number of thioether (sulfide) groups is 1. The first-order valence-electron chi connectivity index (χ1n) is 45.4. The first-order chi connectivity index (χ1) is 59.5. The summed E-state index contributed by atoms with van der Waals surface area (Å²) < 4.78 is 11.4. The highest BCUT2D eigenvalue weighted by atomic mass is 32.2. The number of nitrogens with two attached hydrogens (primary N) is 2. The Morgan fingerprint density at radius 2 is 0.752 bits per heavy atom. The SMILES string of the molecule is CCCCCCCCCCCCCCCC(=O)OCC(CSCC(N)C(=O)N[C@@H](CS)C(=O)N[C@@H](CO)C(=O)N[C@H](C(=O)N[C@@H](CO)C(=O)N[C@@H](CCC(=O)O)C(=O)N[C@H](C(=O)N[C@H](C(=O)NCC(=O)N[C@@H](CCC(=O)O)C(=O)N[C@@H](CCCCN)C(=O)N[C@H](C(=O)O)[C@@H](C)CC)[C@@H](C)CC)C(C)C)[C@@H](C)O)OC(=O)CCCCCCCCCCCCCCC. The van der Waals surface area contributed by atoms with Gasteiger partial charge in [-0.25, -0.2) is 4.79 Å². The normalized spacial score (nSPS) is 14.9. The zero-order valence-electron chi connectivity index (χ0n) is 75.6. The fourth-order valence-corrected chi connectivity index (χ4v) is 14.4. The van der Waals surface area contributed by atoms with Crippen LogP contribution in [-0.4, -0.2) is 254 Å². The largest absolute Gasteiger partial charge is 0.481 e. The van der Waals surface area contributed by atoms with Crippen molar-refractivity contribution < 1.29 is 117 Å². The smallest absolute Gasteiger partial charge is 0.326 e. The molecule has 0 aliphatic rings. The Bertz CT molecular complexity index is 3200. The molecule has 0 bridgehead atoms. The summed E-state index contributed by atoms with van der Waals surface area (Å²) >= 11 is 5.33. The summed E-state index contributed by atoms with van der Waals surface area (Å²) in [5.41, 5.74) is 11.9. The lowest BCUT2D eigenvalue weighted by atomic mass is 9.96. The van der Waals surface area contributed by atoms with Crippen molar-refractivity contribution in [1.82, 2.24) is 58.5 Å². The number of thiol groups is 1. The maximum atomic E-state index is 14.2. The van der Waals surface area contributed by atoms with E-state index in [1.807, 2.05) is 0 Å². The van der Waals surface area contributed by atoms with Crippen LogP contribution in [0.3, 0.4) is 0 Å². The van der Waals surface area contributed by atoms with Crippen LogP contribution in [-0.2, 0) is 86.2 Å². The monoisotopic (exact) mass is 1820 g/mol. The molecule has 720 valence electrons. The van der Waals surface area contributed by atoms with E-state index in [2.05, 4.69) is 85.0 Å². The van der Waals surface area contributed by atoms with Crippen LogP contribution in [0.5, 0.6) is 0 Å². The fourth-order valence-electron chi connectivity index (χ4n) is 13.2. The van der Waals surface area contributed by atoms with E-state index >= 15 is 0 Å². The lowest BCUT2D eigenvalue weighted by molar-refractivity contribution is -0.157. The number of rotatable bonds is 77. The van der Waals surface area contributed by atoms with Crippen LogP contribution >= 0.6 is 24.4 Å². The number of esters is 2. The minimum atomic E-state index is -2.01. The summed E-state index contributed by atoms with van der Waals surface area (Å²) in [6.07, 6.45) is 26.1. The molecule has 37 nitrogen and oxygen atoms in total. The number of aliphatic carboxylic acids is 3. The van der Waals surface area contributed by atoms with Gasteiger partial charge in [-0.15, -0.1) is 0 Å². The molecule has 0 rings (SSSR count). The Kier molecular flexibility index (Phi) is 66.5. The molecule has 0 saturated heterocycles. The summed E-state index contributed by atoms with van der Waals surface area (Å²) in [6.45, 7) is 11.8. The molecule has 0 aromatic heterocycles. The van der Waals surface area contributed by atoms with Crippen LogP contribution in [0.1, 0.15) is 300 Å². The molecule has 39 heteroatoms. The molecule has 11 amide bonds. The molecule has 0 aliphatic heterocycles. The van der Waals surface area contributed by atoms with Gasteiger partial charge in [0.2, 0.25) is 65.0 Å². The highest BCUT2D eigenvalue weighted by molar-refractivity contribution is 7.99. The number of amides is 11.